The Balaban J connectivity index is 1.65. The van der Waals surface area contributed by atoms with E-state index in [9.17, 15) is 8.42 Å². The molecule has 1 aliphatic heterocycles. The molecule has 4 aromatic rings. The van der Waals surface area contributed by atoms with Crippen LogP contribution >= 0.6 is 15.9 Å². The molecule has 0 spiro atoms. The summed E-state index contributed by atoms with van der Waals surface area (Å²) < 4.78 is 25.7. The van der Waals surface area contributed by atoms with E-state index in [4.69, 9.17) is 10.7 Å². The second-order valence-corrected chi connectivity index (χ2v) is 9.79. The zero-order chi connectivity index (χ0) is 20.2. The van der Waals surface area contributed by atoms with E-state index in [1.54, 1.807) is 29.3 Å². The zero-order valence-corrected chi connectivity index (χ0v) is 17.4. The van der Waals surface area contributed by atoms with Crippen molar-refractivity contribution in [3.8, 4) is 11.1 Å². The number of halogens is 1. The summed E-state index contributed by atoms with van der Waals surface area (Å²) in [5.74, 6) is 1.16. The average molecular weight is 475 g/mol. The molecule has 0 atom stereocenters. The van der Waals surface area contributed by atoms with Crippen LogP contribution in [0.3, 0.4) is 0 Å². The largest absolute Gasteiger partial charge is 0.383 e. The number of nitrogens with two attached hydrogens (primary N) is 1. The van der Waals surface area contributed by atoms with Crippen LogP contribution in [-0.4, -0.2) is 62.6 Å². The fourth-order valence-corrected chi connectivity index (χ4v) is 5.03. The smallest absolute Gasteiger partial charge is 0.178 e. The lowest BCUT2D eigenvalue weighted by atomic mass is 10.1. The maximum Gasteiger partial charge on any atom is 0.178 e. The van der Waals surface area contributed by atoms with Crippen LogP contribution in [-0.2, 0) is 9.84 Å². The van der Waals surface area contributed by atoms with Crippen molar-refractivity contribution in [2.24, 2.45) is 0 Å². The molecule has 29 heavy (non-hydrogen) atoms. The van der Waals surface area contributed by atoms with Gasteiger partial charge in [-0.05, 0) is 22.0 Å². The molecule has 0 saturated carbocycles. The van der Waals surface area contributed by atoms with Gasteiger partial charge in [-0.1, -0.05) is 0 Å². The molecule has 10 nitrogen and oxygen atoms in total. The molecular formula is C17H15BrN8O2S. The molecule has 0 aromatic carbocycles. The van der Waals surface area contributed by atoms with Crippen LogP contribution in [0, 0.1) is 0 Å². The molecule has 1 saturated heterocycles. The average Bonchev–Trinajstić information content (AvgIpc) is 3.14. The minimum absolute atomic E-state index is 0.0889. The monoisotopic (exact) mass is 474 g/mol. The van der Waals surface area contributed by atoms with Crippen molar-refractivity contribution in [3.63, 3.8) is 0 Å². The Kier molecular flexibility index (Phi) is 4.13. The van der Waals surface area contributed by atoms with E-state index in [-0.39, 0.29) is 11.5 Å². The first kappa shape index (κ1) is 18.2. The van der Waals surface area contributed by atoms with Crippen molar-refractivity contribution in [1.29, 1.82) is 0 Å². The van der Waals surface area contributed by atoms with E-state index >= 15 is 0 Å². The highest BCUT2D eigenvalue weighted by atomic mass is 79.9. The van der Waals surface area contributed by atoms with Crippen molar-refractivity contribution in [2.75, 3.05) is 35.2 Å². The standard InChI is InChI=1S/C17H15BrN8O2S/c18-13-14(19)26-16(24-17(13)25-3-5-29(27,28)6-4-25)11(9-23-26)10-7-12-15(22-8-10)21-2-1-20-12/h1-2,7-9H,3-6,19H2. The molecule has 148 valence electrons. The summed E-state index contributed by atoms with van der Waals surface area (Å²) >= 11 is 3.49. The van der Waals surface area contributed by atoms with Crippen LogP contribution in [0.15, 0.2) is 35.3 Å². The number of rotatable bonds is 2. The number of fused-ring (bicyclic) bond motifs is 2. The lowest BCUT2D eigenvalue weighted by Gasteiger charge is -2.28. The Hall–Kier alpha value is -2.86. The van der Waals surface area contributed by atoms with E-state index in [1.165, 1.54) is 0 Å². The Morgan fingerprint density at radius 3 is 2.62 bits per heavy atom. The van der Waals surface area contributed by atoms with Gasteiger partial charge in [0, 0.05) is 42.8 Å². The lowest BCUT2D eigenvalue weighted by Crippen LogP contribution is -2.41. The highest BCUT2D eigenvalue weighted by Crippen LogP contribution is 2.34. The first-order valence-corrected chi connectivity index (χ1v) is 11.4. The summed E-state index contributed by atoms with van der Waals surface area (Å²) in [6, 6.07) is 1.87. The highest BCUT2D eigenvalue weighted by Gasteiger charge is 2.26. The summed E-state index contributed by atoms with van der Waals surface area (Å²) in [6.45, 7) is 0.722. The topological polar surface area (TPSA) is 132 Å². The molecule has 0 radical (unpaired) electrons. The number of anilines is 2. The van der Waals surface area contributed by atoms with Crippen molar-refractivity contribution in [2.45, 2.75) is 0 Å². The maximum absolute atomic E-state index is 11.8. The first-order chi connectivity index (χ1) is 13.9. The first-order valence-electron chi connectivity index (χ1n) is 8.78. The number of aromatic nitrogens is 6. The van der Waals surface area contributed by atoms with Gasteiger partial charge in [0.2, 0.25) is 0 Å². The van der Waals surface area contributed by atoms with Crippen molar-refractivity contribution in [1.82, 2.24) is 29.5 Å². The molecule has 12 heteroatoms. The van der Waals surface area contributed by atoms with Crippen molar-refractivity contribution >= 4 is 54.2 Å². The third kappa shape index (κ3) is 3.08. The Morgan fingerprint density at radius 1 is 1.07 bits per heavy atom. The number of hydrogen-bond acceptors (Lipinski definition) is 9. The minimum atomic E-state index is -3.00. The zero-order valence-electron chi connectivity index (χ0n) is 15.0. The van der Waals surface area contributed by atoms with E-state index < -0.39 is 9.84 Å². The fourth-order valence-electron chi connectivity index (χ4n) is 3.33. The van der Waals surface area contributed by atoms with Crippen LogP contribution in [0.2, 0.25) is 0 Å². The van der Waals surface area contributed by atoms with Gasteiger partial charge in [0.15, 0.2) is 21.1 Å². The van der Waals surface area contributed by atoms with Gasteiger partial charge in [0.1, 0.15) is 21.6 Å². The summed E-state index contributed by atoms with van der Waals surface area (Å²) in [5.41, 5.74) is 9.60. The number of nitrogens with zero attached hydrogens (tertiary/aromatic N) is 7. The van der Waals surface area contributed by atoms with Gasteiger partial charge in [0.25, 0.3) is 0 Å². The van der Waals surface area contributed by atoms with E-state index in [1.807, 2.05) is 11.0 Å². The van der Waals surface area contributed by atoms with Gasteiger partial charge in [-0.3, -0.25) is 4.98 Å². The van der Waals surface area contributed by atoms with Crippen LogP contribution < -0.4 is 10.6 Å². The summed E-state index contributed by atoms with van der Waals surface area (Å²) in [5, 5.41) is 4.37. The number of nitrogen functional groups attached to an aromatic ring is 1. The molecule has 5 heterocycles. The van der Waals surface area contributed by atoms with Crippen LogP contribution in [0.4, 0.5) is 11.6 Å². The third-order valence-electron chi connectivity index (χ3n) is 4.88. The number of pyridine rings is 1. The fraction of sp³-hybridized carbons (Fsp3) is 0.235. The Labute approximate surface area is 173 Å². The highest BCUT2D eigenvalue weighted by molar-refractivity contribution is 9.10. The molecule has 5 rings (SSSR count). The summed E-state index contributed by atoms with van der Waals surface area (Å²) in [6.07, 6.45) is 6.57. The molecule has 4 aromatic heterocycles. The van der Waals surface area contributed by atoms with Crippen LogP contribution in [0.25, 0.3) is 27.9 Å². The molecular weight excluding hydrogens is 460 g/mol. The van der Waals surface area contributed by atoms with Crippen LogP contribution in [0.1, 0.15) is 0 Å². The normalized spacial score (nSPS) is 16.5. The number of hydrogen-bond donors (Lipinski definition) is 1. The van der Waals surface area contributed by atoms with Gasteiger partial charge in [0.05, 0.1) is 17.7 Å². The summed E-state index contributed by atoms with van der Waals surface area (Å²) in [4.78, 5) is 19.5. The molecule has 0 unspecified atom stereocenters. The third-order valence-corrected chi connectivity index (χ3v) is 7.25. The minimum Gasteiger partial charge on any atom is -0.383 e. The molecule has 0 aliphatic carbocycles. The van der Waals surface area contributed by atoms with E-state index in [0.29, 0.717) is 46.0 Å². The van der Waals surface area contributed by atoms with Gasteiger partial charge in [-0.15, -0.1) is 0 Å². The van der Waals surface area contributed by atoms with E-state index in [0.717, 1.165) is 11.1 Å². The molecule has 0 amide bonds. The molecule has 0 bridgehead atoms. The summed E-state index contributed by atoms with van der Waals surface area (Å²) in [7, 11) is -3.00. The molecule has 2 N–H and O–H groups in total. The second-order valence-electron chi connectivity index (χ2n) is 6.69. The Bertz CT molecular complexity index is 1360. The van der Waals surface area contributed by atoms with Crippen molar-refractivity contribution < 1.29 is 8.42 Å². The van der Waals surface area contributed by atoms with Gasteiger partial charge < -0.3 is 10.6 Å². The number of sulfone groups is 1. The predicted octanol–water partition coefficient (Wildman–Crippen LogP) is 1.31. The van der Waals surface area contributed by atoms with Crippen molar-refractivity contribution in [3.05, 3.63) is 35.3 Å². The SMILES string of the molecule is Nc1c(Br)c(N2CCS(=O)(=O)CC2)nc2c(-c3cnc4nccnc4c3)cnn12. The van der Waals surface area contributed by atoms with E-state index in [2.05, 4.69) is 36.0 Å². The van der Waals surface area contributed by atoms with Gasteiger partial charge >= 0.3 is 0 Å². The molecule has 1 fully saturated rings. The van der Waals surface area contributed by atoms with Crippen LogP contribution in [0.5, 0.6) is 0 Å². The maximum atomic E-state index is 11.8. The molecule has 1 aliphatic rings. The van der Waals surface area contributed by atoms with Gasteiger partial charge in [-0.25, -0.2) is 23.4 Å². The van der Waals surface area contributed by atoms with Gasteiger partial charge in [-0.2, -0.15) is 9.61 Å². The second kappa shape index (κ2) is 6.59. The Morgan fingerprint density at radius 2 is 1.83 bits per heavy atom. The predicted molar refractivity (Wildman–Crippen MR) is 112 cm³/mol. The lowest BCUT2D eigenvalue weighted by molar-refractivity contribution is 0.586. The quantitative estimate of drug-likeness (QED) is 0.456.